The highest BCUT2D eigenvalue weighted by Crippen LogP contribution is 2.38. The first-order valence-corrected chi connectivity index (χ1v) is 12.5. The Bertz CT molecular complexity index is 1400. The minimum absolute atomic E-state index is 0.168. The molecule has 0 fully saturated rings. The number of carbonyl (C=O) groups excluding carboxylic acids is 1. The molecule has 2 aromatic carbocycles. The number of nitrogens with zero attached hydrogens (tertiary/aromatic N) is 1. The molecule has 4 aromatic rings. The average molecular weight is 486 g/mol. The maximum absolute atomic E-state index is 12.5. The number of thiophene rings is 1. The predicted octanol–water partition coefficient (Wildman–Crippen LogP) is 6.59. The number of pyridine rings is 1. The first-order chi connectivity index (χ1) is 17.1. The van der Waals surface area contributed by atoms with E-state index in [2.05, 4.69) is 10.6 Å². The highest BCUT2D eigenvalue weighted by Gasteiger charge is 2.19. The maximum atomic E-state index is 12.5. The highest BCUT2D eigenvalue weighted by molar-refractivity contribution is 7.10. The summed E-state index contributed by atoms with van der Waals surface area (Å²) in [7, 11) is 3.26. The molecule has 0 radical (unpaired) electrons. The molecule has 2 aromatic heterocycles. The summed E-state index contributed by atoms with van der Waals surface area (Å²) in [6, 6.07) is 15.6. The number of aryl methyl sites for hydroxylation is 1. The van der Waals surface area contributed by atoms with Crippen LogP contribution in [0.4, 0.5) is 17.1 Å². The van der Waals surface area contributed by atoms with Crippen molar-refractivity contribution in [1.29, 1.82) is 0 Å². The average Bonchev–Trinajstić information content (AvgIpc) is 3.41. The van der Waals surface area contributed by atoms with E-state index in [-0.39, 0.29) is 5.91 Å². The van der Waals surface area contributed by atoms with Crippen LogP contribution in [0, 0.1) is 0 Å². The van der Waals surface area contributed by atoms with Gasteiger partial charge in [0.25, 0.3) is 0 Å². The van der Waals surface area contributed by atoms with Crippen molar-refractivity contribution in [2.24, 2.45) is 0 Å². The number of methoxy groups -OCH3 is 2. The third kappa shape index (κ3) is 5.00. The summed E-state index contributed by atoms with van der Waals surface area (Å²) >= 11 is 1.59. The van der Waals surface area contributed by atoms with Crippen LogP contribution in [0.1, 0.15) is 29.0 Å². The van der Waals surface area contributed by atoms with Crippen molar-refractivity contribution in [3.8, 4) is 11.5 Å². The number of anilines is 3. The number of nitrogens with one attached hydrogen (secondary N) is 2. The minimum Gasteiger partial charge on any atom is -0.493 e. The van der Waals surface area contributed by atoms with Crippen LogP contribution in [0.25, 0.3) is 17.0 Å². The fraction of sp³-hybridized carbons (Fsp3) is 0.214. The summed E-state index contributed by atoms with van der Waals surface area (Å²) in [5, 5.41) is 9.57. The molecule has 178 valence electrons. The fourth-order valence-electron chi connectivity index (χ4n) is 4.43. The molecule has 6 nitrogen and oxygen atoms in total. The van der Waals surface area contributed by atoms with Crippen LogP contribution in [-0.4, -0.2) is 25.1 Å². The van der Waals surface area contributed by atoms with Gasteiger partial charge in [0.05, 0.1) is 25.4 Å². The van der Waals surface area contributed by atoms with Gasteiger partial charge in [0.1, 0.15) is 0 Å². The molecule has 5 rings (SSSR count). The Morgan fingerprint density at radius 1 is 1.00 bits per heavy atom. The standard InChI is InChI=1S/C28H27N3O3S/c1-33-25-13-10-19(17-26(25)34-2)30-28-21-7-3-4-8-23(21)31-24-12-9-18(16-22(24)28)29-27(32)14-11-20-6-5-15-35-20/h5-6,9-17H,3-4,7-8H2,1-2H3,(H,29,32)(H,30,31)/b14-11+. The lowest BCUT2D eigenvalue weighted by atomic mass is 9.92. The molecule has 35 heavy (non-hydrogen) atoms. The van der Waals surface area contributed by atoms with Crippen molar-refractivity contribution in [3.05, 3.63) is 76.1 Å². The number of ether oxygens (including phenoxy) is 2. The van der Waals surface area contributed by atoms with Crippen molar-refractivity contribution in [1.82, 2.24) is 4.98 Å². The van der Waals surface area contributed by atoms with E-state index in [0.717, 1.165) is 64.2 Å². The van der Waals surface area contributed by atoms with Gasteiger partial charge in [-0.1, -0.05) is 6.07 Å². The molecule has 2 N–H and O–H groups in total. The number of hydrogen-bond donors (Lipinski definition) is 2. The third-order valence-corrected chi connectivity index (χ3v) is 6.96. The van der Waals surface area contributed by atoms with Crippen molar-refractivity contribution in [3.63, 3.8) is 0 Å². The van der Waals surface area contributed by atoms with Gasteiger partial charge in [0.2, 0.25) is 5.91 Å². The Morgan fingerprint density at radius 2 is 1.83 bits per heavy atom. The van der Waals surface area contributed by atoms with Crippen LogP contribution >= 0.6 is 11.3 Å². The van der Waals surface area contributed by atoms with E-state index >= 15 is 0 Å². The molecule has 1 aliphatic rings. The molecular weight excluding hydrogens is 458 g/mol. The summed E-state index contributed by atoms with van der Waals surface area (Å²) in [5.74, 6) is 1.17. The normalized spacial score (nSPS) is 13.0. The monoisotopic (exact) mass is 485 g/mol. The molecule has 2 heterocycles. The molecule has 0 bridgehead atoms. The summed E-state index contributed by atoms with van der Waals surface area (Å²) in [6.07, 6.45) is 7.59. The molecule has 0 aliphatic heterocycles. The maximum Gasteiger partial charge on any atom is 0.248 e. The predicted molar refractivity (Wildman–Crippen MR) is 143 cm³/mol. The Hall–Kier alpha value is -3.84. The zero-order valence-corrected chi connectivity index (χ0v) is 20.6. The summed E-state index contributed by atoms with van der Waals surface area (Å²) in [6.45, 7) is 0. The number of hydrogen-bond acceptors (Lipinski definition) is 6. The first-order valence-electron chi connectivity index (χ1n) is 11.6. The van der Waals surface area contributed by atoms with Gasteiger partial charge in [0.15, 0.2) is 11.5 Å². The number of benzene rings is 2. The first kappa shape index (κ1) is 22.9. The quantitative estimate of drug-likeness (QED) is 0.289. The third-order valence-electron chi connectivity index (χ3n) is 6.12. The molecule has 0 saturated heterocycles. The van der Waals surface area contributed by atoms with Crippen molar-refractivity contribution in [2.75, 3.05) is 24.9 Å². The zero-order valence-electron chi connectivity index (χ0n) is 19.8. The second-order valence-corrected chi connectivity index (χ2v) is 9.36. The number of carbonyl (C=O) groups is 1. The summed E-state index contributed by atoms with van der Waals surface area (Å²) in [4.78, 5) is 18.5. The van der Waals surface area contributed by atoms with E-state index in [0.29, 0.717) is 11.5 Å². The Balaban J connectivity index is 1.51. The molecule has 0 unspecified atom stereocenters. The molecule has 1 aliphatic carbocycles. The molecule has 0 saturated carbocycles. The number of aromatic nitrogens is 1. The highest BCUT2D eigenvalue weighted by atomic mass is 32.1. The number of fused-ring (bicyclic) bond motifs is 2. The van der Waals surface area contributed by atoms with Crippen LogP contribution in [0.15, 0.2) is 60.0 Å². The van der Waals surface area contributed by atoms with E-state index < -0.39 is 0 Å². The molecular formula is C28H27N3O3S. The Kier molecular flexibility index (Phi) is 6.68. The smallest absolute Gasteiger partial charge is 0.248 e. The van der Waals surface area contributed by atoms with E-state index in [1.165, 1.54) is 5.56 Å². The van der Waals surface area contributed by atoms with Gasteiger partial charge in [-0.2, -0.15) is 0 Å². The second-order valence-electron chi connectivity index (χ2n) is 8.38. The SMILES string of the molecule is COc1ccc(Nc2c3c(nc4ccc(NC(=O)/C=C/c5cccs5)cc24)CCCC3)cc1OC. The molecule has 0 spiro atoms. The van der Waals surface area contributed by atoms with Gasteiger partial charge in [-0.3, -0.25) is 9.78 Å². The van der Waals surface area contributed by atoms with Crippen LogP contribution < -0.4 is 20.1 Å². The molecule has 0 atom stereocenters. The van der Waals surface area contributed by atoms with Crippen LogP contribution in [0.3, 0.4) is 0 Å². The lowest BCUT2D eigenvalue weighted by Crippen LogP contribution is -2.11. The summed E-state index contributed by atoms with van der Waals surface area (Å²) < 4.78 is 10.9. The topological polar surface area (TPSA) is 72.5 Å². The van der Waals surface area contributed by atoms with Gasteiger partial charge in [-0.25, -0.2) is 0 Å². The van der Waals surface area contributed by atoms with Gasteiger partial charge >= 0.3 is 0 Å². The largest absolute Gasteiger partial charge is 0.493 e. The van der Waals surface area contributed by atoms with Gasteiger partial charge in [0, 0.05) is 39.5 Å². The fourth-order valence-corrected chi connectivity index (χ4v) is 5.05. The van der Waals surface area contributed by atoms with E-state index in [1.54, 1.807) is 31.6 Å². The van der Waals surface area contributed by atoms with Crippen LogP contribution in [0.2, 0.25) is 0 Å². The van der Waals surface area contributed by atoms with Gasteiger partial charge < -0.3 is 20.1 Å². The Morgan fingerprint density at radius 3 is 2.63 bits per heavy atom. The summed E-state index contributed by atoms with van der Waals surface area (Å²) in [5.41, 5.74) is 5.94. The molecule has 7 heteroatoms. The molecule has 1 amide bonds. The van der Waals surface area contributed by atoms with Crippen molar-refractivity contribution < 1.29 is 14.3 Å². The number of rotatable bonds is 7. The minimum atomic E-state index is -0.168. The van der Waals surface area contributed by atoms with Gasteiger partial charge in [-0.05, 0) is 79.1 Å². The number of amides is 1. The lowest BCUT2D eigenvalue weighted by Gasteiger charge is -2.22. The van der Waals surface area contributed by atoms with E-state index in [9.17, 15) is 4.79 Å². The Labute approximate surface area is 208 Å². The van der Waals surface area contributed by atoms with Crippen LogP contribution in [0.5, 0.6) is 11.5 Å². The second kappa shape index (κ2) is 10.2. The zero-order chi connectivity index (χ0) is 24.2. The van der Waals surface area contributed by atoms with Crippen LogP contribution in [-0.2, 0) is 17.6 Å². The van der Waals surface area contributed by atoms with E-state index in [1.807, 2.05) is 60.0 Å². The van der Waals surface area contributed by atoms with E-state index in [4.69, 9.17) is 14.5 Å². The van der Waals surface area contributed by atoms with Gasteiger partial charge in [-0.15, -0.1) is 11.3 Å². The van der Waals surface area contributed by atoms with Crippen molar-refractivity contribution >= 4 is 51.3 Å². The van der Waals surface area contributed by atoms with Crippen molar-refractivity contribution in [2.45, 2.75) is 25.7 Å². The lowest BCUT2D eigenvalue weighted by molar-refractivity contribution is -0.111.